The van der Waals surface area contributed by atoms with Gasteiger partial charge in [-0.25, -0.2) is 0 Å². The summed E-state index contributed by atoms with van der Waals surface area (Å²) in [6.45, 7) is 3.87. The van der Waals surface area contributed by atoms with Crippen LogP contribution in [-0.4, -0.2) is 89.6 Å². The van der Waals surface area contributed by atoms with Crippen LogP contribution in [0.15, 0.2) is 97.1 Å². The minimum Gasteiger partial charge on any atom is -0.379 e. The maximum Gasteiger partial charge on any atom is 0.229 e. The molecule has 0 unspecified atom stereocenters. The Morgan fingerprint density at radius 2 is 0.767 bits per heavy atom. The van der Waals surface area contributed by atoms with E-state index >= 15 is 0 Å². The summed E-state index contributed by atoms with van der Waals surface area (Å²) in [5.74, 6) is 12.3. The molecule has 2 aliphatic heterocycles. The fourth-order valence-electron chi connectivity index (χ4n) is 6.57. The van der Waals surface area contributed by atoms with Crippen LogP contribution in [0.5, 0.6) is 0 Å². The van der Waals surface area contributed by atoms with Gasteiger partial charge < -0.3 is 39.4 Å². The minimum absolute atomic E-state index is 0.0941. The zero-order valence-corrected chi connectivity index (χ0v) is 33.7. The lowest BCUT2D eigenvalue weighted by atomic mass is 10.0. The highest BCUT2D eigenvalue weighted by molar-refractivity contribution is 5.96. The van der Waals surface area contributed by atoms with Crippen LogP contribution in [0.4, 0.5) is 11.4 Å². The summed E-state index contributed by atoms with van der Waals surface area (Å²) in [7, 11) is 0. The monoisotopic (exact) mass is 810 g/mol. The average Bonchev–Trinajstić information content (AvgIpc) is 3.25. The molecule has 0 saturated carbocycles. The lowest BCUT2D eigenvalue weighted by Crippen LogP contribution is -2.35. The highest BCUT2D eigenvalue weighted by Crippen LogP contribution is 2.27. The number of ether oxygens (including phenoxy) is 4. The fraction of sp³-hybridized carbons (Fsp3) is 0.333. The van der Waals surface area contributed by atoms with Crippen molar-refractivity contribution >= 4 is 35.0 Å². The second-order valence-corrected chi connectivity index (χ2v) is 14.0. The van der Waals surface area contributed by atoms with Gasteiger partial charge in [-0.05, 0) is 47.5 Å². The number of carbonyl (C=O) groups excluding carboxylic acids is 4. The summed E-state index contributed by atoms with van der Waals surface area (Å²) in [5, 5.41) is 5.63. The summed E-state index contributed by atoms with van der Waals surface area (Å²) in [6, 6.07) is 30.8. The molecular formula is C48H50N4O8. The first-order chi connectivity index (χ1) is 29.5. The van der Waals surface area contributed by atoms with E-state index in [2.05, 4.69) is 34.3 Å². The van der Waals surface area contributed by atoms with Crippen LogP contribution in [0.3, 0.4) is 0 Å². The SMILES string of the molecule is O=C(CCOCCOCCOCCOCCC(=O)NCCC(=O)N1Cc2ccccc2C#Cc2ccccc21)NCCC(=O)N1Cc2ccccc2C#Cc2ccccc21. The molecule has 2 heterocycles. The molecule has 0 atom stereocenters. The Bertz CT molecular complexity index is 2080. The number of benzene rings is 4. The van der Waals surface area contributed by atoms with Gasteiger partial charge in [-0.2, -0.15) is 0 Å². The van der Waals surface area contributed by atoms with Gasteiger partial charge >= 0.3 is 0 Å². The number of hydrogen-bond acceptors (Lipinski definition) is 8. The van der Waals surface area contributed by atoms with Gasteiger partial charge in [0.05, 0.1) is 77.3 Å². The molecule has 2 aliphatic rings. The van der Waals surface area contributed by atoms with Crippen LogP contribution in [0, 0.1) is 23.7 Å². The number of rotatable bonds is 21. The van der Waals surface area contributed by atoms with Gasteiger partial charge in [-0.15, -0.1) is 0 Å². The number of fused-ring (bicyclic) bond motifs is 4. The summed E-state index contributed by atoms with van der Waals surface area (Å²) in [5.41, 5.74) is 6.85. The molecule has 0 aromatic heterocycles. The van der Waals surface area contributed by atoms with E-state index in [0.717, 1.165) is 44.8 Å². The molecule has 12 heteroatoms. The topological polar surface area (TPSA) is 136 Å². The zero-order valence-electron chi connectivity index (χ0n) is 33.7. The summed E-state index contributed by atoms with van der Waals surface area (Å²) in [6.07, 6.45) is 0.663. The smallest absolute Gasteiger partial charge is 0.229 e. The van der Waals surface area contributed by atoms with E-state index in [4.69, 9.17) is 18.9 Å². The standard InChI is InChI=1S/C48H50N4O8/c53-45(49-25-21-47(55)51-35-41-13-3-1-9-37(41)17-19-39-11-5-7-15-43(39)51)23-27-57-29-31-59-33-34-60-32-30-58-28-24-46(54)50-26-22-48(56)52-36-42-14-4-2-10-38(42)18-20-40-12-6-8-16-44(40)52/h1-16H,21-36H2,(H,49,53)(H,50,54). The number of nitrogens with one attached hydrogen (secondary N) is 2. The Balaban J connectivity index is 0.738. The van der Waals surface area contributed by atoms with Crippen LogP contribution in [0.2, 0.25) is 0 Å². The van der Waals surface area contributed by atoms with Crippen molar-refractivity contribution in [3.63, 3.8) is 0 Å². The number of carbonyl (C=O) groups is 4. The van der Waals surface area contributed by atoms with Crippen molar-refractivity contribution < 1.29 is 38.1 Å². The van der Waals surface area contributed by atoms with Crippen molar-refractivity contribution in [3.05, 3.63) is 130 Å². The Morgan fingerprint density at radius 3 is 1.18 bits per heavy atom. The van der Waals surface area contributed by atoms with Gasteiger partial charge in [0.1, 0.15) is 0 Å². The number of hydrogen-bond donors (Lipinski definition) is 2. The maximum atomic E-state index is 13.3. The first-order valence-corrected chi connectivity index (χ1v) is 20.3. The van der Waals surface area contributed by atoms with Gasteiger partial charge in [0.25, 0.3) is 0 Å². The van der Waals surface area contributed by atoms with E-state index in [1.165, 1.54) is 0 Å². The Kier molecular flexibility index (Phi) is 16.8. The number of para-hydroxylation sites is 2. The predicted molar refractivity (Wildman–Crippen MR) is 228 cm³/mol. The van der Waals surface area contributed by atoms with Crippen molar-refractivity contribution in [3.8, 4) is 23.7 Å². The normalized spacial score (nSPS) is 12.3. The number of nitrogens with zero attached hydrogens (tertiary/aromatic N) is 2. The van der Waals surface area contributed by atoms with E-state index < -0.39 is 0 Å². The van der Waals surface area contributed by atoms with Gasteiger partial charge in [0.15, 0.2) is 0 Å². The molecule has 12 nitrogen and oxygen atoms in total. The number of amides is 4. The zero-order chi connectivity index (χ0) is 41.8. The summed E-state index contributed by atoms with van der Waals surface area (Å²) >= 11 is 0. The summed E-state index contributed by atoms with van der Waals surface area (Å²) in [4.78, 5) is 54.8. The highest BCUT2D eigenvalue weighted by Gasteiger charge is 2.22. The van der Waals surface area contributed by atoms with Crippen molar-refractivity contribution in [2.45, 2.75) is 38.8 Å². The fourth-order valence-corrected chi connectivity index (χ4v) is 6.57. The predicted octanol–water partition coefficient (Wildman–Crippen LogP) is 4.74. The molecule has 6 rings (SSSR count). The maximum absolute atomic E-state index is 13.3. The molecule has 4 aromatic rings. The van der Waals surface area contributed by atoms with E-state index in [9.17, 15) is 19.2 Å². The Hall–Kier alpha value is -6.28. The Morgan fingerprint density at radius 1 is 0.433 bits per heavy atom. The van der Waals surface area contributed by atoms with Crippen LogP contribution < -0.4 is 20.4 Å². The van der Waals surface area contributed by atoms with E-state index in [0.29, 0.717) is 52.7 Å². The molecule has 4 amide bonds. The van der Waals surface area contributed by atoms with E-state index in [1.807, 2.05) is 97.1 Å². The van der Waals surface area contributed by atoms with Gasteiger partial charge in [-0.3, -0.25) is 19.2 Å². The van der Waals surface area contributed by atoms with Crippen LogP contribution in [-0.2, 0) is 51.2 Å². The van der Waals surface area contributed by atoms with Crippen molar-refractivity contribution in [2.75, 3.05) is 75.7 Å². The third-order valence-electron chi connectivity index (χ3n) is 9.73. The molecular weight excluding hydrogens is 761 g/mol. The molecule has 0 fully saturated rings. The second kappa shape index (κ2) is 23.3. The van der Waals surface area contributed by atoms with Crippen LogP contribution in [0.25, 0.3) is 0 Å². The molecule has 4 aromatic carbocycles. The lowest BCUT2D eigenvalue weighted by molar-refractivity contribution is -0.124. The van der Waals surface area contributed by atoms with E-state index in [-0.39, 0.29) is 75.6 Å². The van der Waals surface area contributed by atoms with Gasteiger partial charge in [-0.1, -0.05) is 84.3 Å². The first kappa shape index (κ1) is 43.3. The first-order valence-electron chi connectivity index (χ1n) is 20.3. The average molecular weight is 811 g/mol. The third kappa shape index (κ3) is 13.1. The minimum atomic E-state index is -0.190. The van der Waals surface area contributed by atoms with Gasteiger partial charge in [0.2, 0.25) is 23.6 Å². The molecule has 0 bridgehead atoms. The molecule has 2 N–H and O–H groups in total. The summed E-state index contributed by atoms with van der Waals surface area (Å²) < 4.78 is 22.1. The molecule has 0 radical (unpaired) electrons. The molecule has 0 aliphatic carbocycles. The molecule has 0 saturated heterocycles. The lowest BCUT2D eigenvalue weighted by Gasteiger charge is -2.26. The molecule has 60 heavy (non-hydrogen) atoms. The van der Waals surface area contributed by atoms with Gasteiger partial charge in [0, 0.05) is 61.0 Å². The van der Waals surface area contributed by atoms with Crippen LogP contribution in [0.1, 0.15) is 59.1 Å². The highest BCUT2D eigenvalue weighted by atomic mass is 16.6. The second-order valence-electron chi connectivity index (χ2n) is 14.0. The largest absolute Gasteiger partial charge is 0.379 e. The Labute approximate surface area is 351 Å². The quantitative estimate of drug-likeness (QED) is 0.0912. The molecule has 310 valence electrons. The number of anilines is 2. The third-order valence-corrected chi connectivity index (χ3v) is 9.73. The van der Waals surface area contributed by atoms with Crippen LogP contribution >= 0.6 is 0 Å². The molecule has 0 spiro atoms. The van der Waals surface area contributed by atoms with Crippen molar-refractivity contribution in [2.24, 2.45) is 0 Å². The van der Waals surface area contributed by atoms with Crippen molar-refractivity contribution in [1.29, 1.82) is 0 Å². The van der Waals surface area contributed by atoms with Crippen molar-refractivity contribution in [1.82, 2.24) is 10.6 Å². The van der Waals surface area contributed by atoms with E-state index in [1.54, 1.807) is 9.80 Å².